The highest BCUT2D eigenvalue weighted by Gasteiger charge is 2.10. The molecular weight excluding hydrogens is 282 g/mol. The Hall–Kier alpha value is -1.57. The van der Waals surface area contributed by atoms with Gasteiger partial charge in [-0.1, -0.05) is 0 Å². The summed E-state index contributed by atoms with van der Waals surface area (Å²) in [4.78, 5) is 0.0553. The van der Waals surface area contributed by atoms with E-state index in [1.54, 1.807) is 11.3 Å². The van der Waals surface area contributed by atoms with Crippen LogP contribution >= 0.6 is 11.3 Å². The molecule has 0 atom stereocenters. The maximum Gasteiger partial charge on any atom is 0.238 e. The largest absolute Gasteiger partial charge is 0.397 e. The van der Waals surface area contributed by atoms with E-state index in [2.05, 4.69) is 16.8 Å². The van der Waals surface area contributed by atoms with Gasteiger partial charge in [-0.25, -0.2) is 13.6 Å². The molecule has 5 N–H and O–H groups in total. The number of nitrogens with two attached hydrogens (primary N) is 2. The maximum absolute atomic E-state index is 11.3. The second-order valence-electron chi connectivity index (χ2n) is 4.10. The van der Waals surface area contributed by atoms with Gasteiger partial charge in [-0.2, -0.15) is 11.3 Å². The summed E-state index contributed by atoms with van der Waals surface area (Å²) in [6, 6.07) is 6.44. The number of primary sulfonamides is 1. The van der Waals surface area contributed by atoms with Crippen LogP contribution in [0.25, 0.3) is 0 Å². The number of rotatable bonds is 5. The lowest BCUT2D eigenvalue weighted by Gasteiger charge is -2.10. The molecule has 2 aromatic rings. The van der Waals surface area contributed by atoms with Gasteiger partial charge in [0.1, 0.15) is 0 Å². The first-order chi connectivity index (χ1) is 8.97. The van der Waals surface area contributed by atoms with E-state index < -0.39 is 10.0 Å². The third-order valence-electron chi connectivity index (χ3n) is 2.66. The van der Waals surface area contributed by atoms with Crippen molar-refractivity contribution in [3.63, 3.8) is 0 Å². The molecule has 0 aliphatic carbocycles. The Morgan fingerprint density at radius 1 is 1.26 bits per heavy atom. The first-order valence-electron chi connectivity index (χ1n) is 5.64. The fourth-order valence-electron chi connectivity index (χ4n) is 1.64. The van der Waals surface area contributed by atoms with Crippen molar-refractivity contribution in [3.8, 4) is 0 Å². The van der Waals surface area contributed by atoms with Crippen molar-refractivity contribution in [1.29, 1.82) is 0 Å². The molecule has 2 rings (SSSR count). The van der Waals surface area contributed by atoms with Gasteiger partial charge in [0, 0.05) is 6.54 Å². The summed E-state index contributed by atoms with van der Waals surface area (Å²) in [6.07, 6.45) is 0.850. The second-order valence-corrected chi connectivity index (χ2v) is 6.44. The quantitative estimate of drug-likeness (QED) is 0.731. The van der Waals surface area contributed by atoms with Crippen molar-refractivity contribution in [2.75, 3.05) is 17.6 Å². The summed E-state index contributed by atoms with van der Waals surface area (Å²) in [6.45, 7) is 0.676. The van der Waals surface area contributed by atoms with Crippen molar-refractivity contribution in [2.45, 2.75) is 11.3 Å². The molecule has 0 saturated heterocycles. The minimum atomic E-state index is -3.70. The van der Waals surface area contributed by atoms with Crippen LogP contribution in [0.1, 0.15) is 5.56 Å². The molecule has 0 aliphatic heterocycles. The second kappa shape index (κ2) is 5.60. The van der Waals surface area contributed by atoms with Crippen LogP contribution in [0.4, 0.5) is 11.4 Å². The van der Waals surface area contributed by atoms with Gasteiger partial charge in [-0.15, -0.1) is 0 Å². The van der Waals surface area contributed by atoms with Crippen molar-refractivity contribution in [3.05, 3.63) is 40.6 Å². The lowest BCUT2D eigenvalue weighted by Crippen LogP contribution is -2.13. The minimum Gasteiger partial charge on any atom is -0.397 e. The lowest BCUT2D eigenvalue weighted by molar-refractivity contribution is 0.598. The Morgan fingerprint density at radius 3 is 2.68 bits per heavy atom. The third kappa shape index (κ3) is 3.69. The van der Waals surface area contributed by atoms with Gasteiger partial charge < -0.3 is 11.1 Å². The zero-order chi connectivity index (χ0) is 13.9. The third-order valence-corrected chi connectivity index (χ3v) is 4.31. The van der Waals surface area contributed by atoms with Crippen LogP contribution in [0.3, 0.4) is 0 Å². The van der Waals surface area contributed by atoms with E-state index in [4.69, 9.17) is 10.9 Å². The number of nitrogen functional groups attached to an aromatic ring is 1. The van der Waals surface area contributed by atoms with Crippen LogP contribution in [0.5, 0.6) is 0 Å². The summed E-state index contributed by atoms with van der Waals surface area (Å²) < 4.78 is 22.5. The van der Waals surface area contributed by atoms with Crippen molar-refractivity contribution in [1.82, 2.24) is 0 Å². The molecule has 19 heavy (non-hydrogen) atoms. The van der Waals surface area contributed by atoms with Gasteiger partial charge in [-0.05, 0) is 47.0 Å². The number of anilines is 2. The van der Waals surface area contributed by atoms with E-state index in [0.717, 1.165) is 6.42 Å². The Kier molecular flexibility index (Phi) is 4.08. The predicted octanol–water partition coefficient (Wildman–Crippen LogP) is 1.63. The van der Waals surface area contributed by atoms with E-state index in [9.17, 15) is 8.42 Å². The number of hydrogen-bond acceptors (Lipinski definition) is 5. The fraction of sp³-hybridized carbons (Fsp3) is 0.167. The van der Waals surface area contributed by atoms with E-state index in [1.165, 1.54) is 23.8 Å². The summed E-state index contributed by atoms with van der Waals surface area (Å²) in [5.74, 6) is 0. The van der Waals surface area contributed by atoms with E-state index in [1.807, 2.05) is 5.38 Å². The lowest BCUT2D eigenvalue weighted by atomic mass is 10.2. The van der Waals surface area contributed by atoms with Crippen LogP contribution in [0, 0.1) is 0 Å². The van der Waals surface area contributed by atoms with Gasteiger partial charge in [0.15, 0.2) is 0 Å². The highest BCUT2D eigenvalue weighted by Crippen LogP contribution is 2.22. The standard InChI is InChI=1S/C12H15N3O2S2/c13-11-2-1-10(19(14,16)17)7-12(11)15-5-3-9-4-6-18-8-9/h1-2,4,6-8,15H,3,5,13H2,(H2,14,16,17). The zero-order valence-corrected chi connectivity index (χ0v) is 11.8. The number of thiophene rings is 1. The average Bonchev–Trinajstić information content (AvgIpc) is 2.83. The van der Waals surface area contributed by atoms with Gasteiger partial charge in [0.25, 0.3) is 0 Å². The van der Waals surface area contributed by atoms with Gasteiger partial charge in [-0.3, -0.25) is 0 Å². The maximum atomic E-state index is 11.3. The number of hydrogen-bond donors (Lipinski definition) is 3. The molecule has 0 aliphatic rings. The normalized spacial score (nSPS) is 11.4. The van der Waals surface area contributed by atoms with Crippen LogP contribution < -0.4 is 16.2 Å². The molecule has 1 aromatic heterocycles. The van der Waals surface area contributed by atoms with E-state index >= 15 is 0 Å². The molecule has 0 spiro atoms. The van der Waals surface area contributed by atoms with E-state index in [0.29, 0.717) is 17.9 Å². The molecule has 0 radical (unpaired) electrons. The molecule has 7 heteroatoms. The first kappa shape index (κ1) is 13.9. The average molecular weight is 297 g/mol. The molecule has 0 unspecified atom stereocenters. The highest BCUT2D eigenvalue weighted by atomic mass is 32.2. The zero-order valence-electron chi connectivity index (χ0n) is 10.2. The molecule has 1 heterocycles. The molecule has 5 nitrogen and oxygen atoms in total. The van der Waals surface area contributed by atoms with Gasteiger partial charge in [0.2, 0.25) is 10.0 Å². The summed E-state index contributed by atoms with van der Waals surface area (Å²) in [5.41, 5.74) is 8.11. The smallest absolute Gasteiger partial charge is 0.238 e. The Labute approximate surface area is 116 Å². The summed E-state index contributed by atoms with van der Waals surface area (Å²) in [7, 11) is -3.70. The molecule has 102 valence electrons. The van der Waals surface area contributed by atoms with E-state index in [-0.39, 0.29) is 4.90 Å². The molecule has 0 saturated carbocycles. The van der Waals surface area contributed by atoms with Crippen molar-refractivity contribution >= 4 is 32.7 Å². The Bertz CT molecular complexity index is 652. The topological polar surface area (TPSA) is 98.2 Å². The highest BCUT2D eigenvalue weighted by molar-refractivity contribution is 7.89. The number of nitrogens with one attached hydrogen (secondary N) is 1. The molecule has 0 amide bonds. The van der Waals surface area contributed by atoms with Crippen molar-refractivity contribution in [2.24, 2.45) is 5.14 Å². The number of sulfonamides is 1. The summed E-state index contributed by atoms with van der Waals surface area (Å²) >= 11 is 1.65. The van der Waals surface area contributed by atoms with Crippen LogP contribution in [-0.4, -0.2) is 15.0 Å². The Morgan fingerprint density at radius 2 is 2.05 bits per heavy atom. The first-order valence-corrected chi connectivity index (χ1v) is 8.13. The van der Waals surface area contributed by atoms with Gasteiger partial charge >= 0.3 is 0 Å². The summed E-state index contributed by atoms with van der Waals surface area (Å²) in [5, 5.41) is 12.3. The van der Waals surface area contributed by atoms with Crippen LogP contribution in [-0.2, 0) is 16.4 Å². The predicted molar refractivity (Wildman–Crippen MR) is 78.7 cm³/mol. The Balaban J connectivity index is 2.07. The monoisotopic (exact) mass is 297 g/mol. The number of benzene rings is 1. The van der Waals surface area contributed by atoms with Gasteiger partial charge in [0.05, 0.1) is 16.3 Å². The van der Waals surface area contributed by atoms with Crippen molar-refractivity contribution < 1.29 is 8.42 Å². The van der Waals surface area contributed by atoms with Crippen LogP contribution in [0.2, 0.25) is 0 Å². The molecule has 1 aromatic carbocycles. The molecule has 0 fully saturated rings. The minimum absolute atomic E-state index is 0.0553. The molecule has 0 bridgehead atoms. The fourth-order valence-corrected chi connectivity index (χ4v) is 2.88. The SMILES string of the molecule is Nc1ccc(S(N)(=O)=O)cc1NCCc1ccsc1. The molecular formula is C12H15N3O2S2. The van der Waals surface area contributed by atoms with Crippen LogP contribution in [0.15, 0.2) is 39.9 Å².